The van der Waals surface area contributed by atoms with Crippen LogP contribution in [0.2, 0.25) is 0 Å². The lowest BCUT2D eigenvalue weighted by atomic mass is 10.1. The molecule has 1 aliphatic rings. The number of anilines is 2. The Morgan fingerprint density at radius 1 is 1.27 bits per heavy atom. The van der Waals surface area contributed by atoms with Gasteiger partial charge in [0.25, 0.3) is 0 Å². The van der Waals surface area contributed by atoms with Crippen molar-refractivity contribution in [2.75, 3.05) is 23.7 Å². The molecular formula is C11H18N4. The normalized spacial score (nSPS) is 16.7. The van der Waals surface area contributed by atoms with Crippen LogP contribution in [0.4, 0.5) is 11.6 Å². The second kappa shape index (κ2) is 4.47. The van der Waals surface area contributed by atoms with E-state index in [0.29, 0.717) is 5.82 Å². The third-order valence-corrected chi connectivity index (χ3v) is 2.78. The summed E-state index contributed by atoms with van der Waals surface area (Å²) in [6, 6.07) is 1.88. The molecule has 0 radical (unpaired) electrons. The predicted octanol–water partition coefficient (Wildman–Crippen LogP) is 1.61. The molecule has 1 fully saturated rings. The van der Waals surface area contributed by atoms with Crippen LogP contribution in [-0.4, -0.2) is 23.1 Å². The number of nitrogens with two attached hydrogens (primary N) is 1. The lowest BCUT2D eigenvalue weighted by Crippen LogP contribution is -2.30. The summed E-state index contributed by atoms with van der Waals surface area (Å²) in [5, 5.41) is 0. The third kappa shape index (κ3) is 2.37. The summed E-state index contributed by atoms with van der Waals surface area (Å²) in [7, 11) is 0. The van der Waals surface area contributed by atoms with Crippen LogP contribution in [0.3, 0.4) is 0 Å². The largest absolute Gasteiger partial charge is 0.384 e. The highest BCUT2D eigenvalue weighted by Crippen LogP contribution is 2.19. The van der Waals surface area contributed by atoms with Gasteiger partial charge in [0, 0.05) is 25.6 Å². The molecule has 4 heteroatoms. The second-order valence-corrected chi connectivity index (χ2v) is 3.97. The van der Waals surface area contributed by atoms with Crippen molar-refractivity contribution in [3.8, 4) is 0 Å². The molecule has 1 saturated heterocycles. The van der Waals surface area contributed by atoms with Gasteiger partial charge in [0.2, 0.25) is 0 Å². The molecule has 1 aromatic rings. The molecule has 2 heterocycles. The highest BCUT2D eigenvalue weighted by atomic mass is 15.2. The predicted molar refractivity (Wildman–Crippen MR) is 61.9 cm³/mol. The maximum Gasteiger partial charge on any atom is 0.134 e. The molecule has 0 bridgehead atoms. The lowest BCUT2D eigenvalue weighted by molar-refractivity contribution is 0.572. The van der Waals surface area contributed by atoms with Crippen LogP contribution in [-0.2, 0) is 6.42 Å². The molecule has 82 valence electrons. The quantitative estimate of drug-likeness (QED) is 0.798. The number of nitrogens with zero attached hydrogens (tertiary/aromatic N) is 3. The van der Waals surface area contributed by atoms with E-state index in [4.69, 9.17) is 5.73 Å². The summed E-state index contributed by atoms with van der Waals surface area (Å²) in [5.74, 6) is 2.43. The van der Waals surface area contributed by atoms with Crippen molar-refractivity contribution < 1.29 is 0 Å². The zero-order valence-electron chi connectivity index (χ0n) is 9.24. The molecule has 15 heavy (non-hydrogen) atoms. The van der Waals surface area contributed by atoms with E-state index in [-0.39, 0.29) is 0 Å². The van der Waals surface area contributed by atoms with Gasteiger partial charge in [-0.05, 0) is 19.3 Å². The van der Waals surface area contributed by atoms with Crippen molar-refractivity contribution in [1.82, 2.24) is 9.97 Å². The average molecular weight is 206 g/mol. The van der Waals surface area contributed by atoms with E-state index in [9.17, 15) is 0 Å². The fourth-order valence-corrected chi connectivity index (χ4v) is 1.95. The van der Waals surface area contributed by atoms with E-state index in [1.54, 1.807) is 0 Å². The van der Waals surface area contributed by atoms with E-state index >= 15 is 0 Å². The number of nitrogen functional groups attached to an aromatic ring is 1. The van der Waals surface area contributed by atoms with Gasteiger partial charge < -0.3 is 10.6 Å². The first-order valence-corrected chi connectivity index (χ1v) is 5.68. The molecule has 2 rings (SSSR count). The minimum absolute atomic E-state index is 0.586. The highest BCUT2D eigenvalue weighted by molar-refractivity contribution is 5.47. The molecular weight excluding hydrogens is 188 g/mol. The van der Waals surface area contributed by atoms with Crippen molar-refractivity contribution in [1.29, 1.82) is 0 Å². The van der Waals surface area contributed by atoms with Crippen molar-refractivity contribution >= 4 is 11.6 Å². The standard InChI is InChI=1S/C11H18N4/c1-2-10-13-9(12)8-11(14-10)15-6-4-3-5-7-15/h8H,2-7H2,1H3,(H2,12,13,14). The Hall–Kier alpha value is -1.32. The van der Waals surface area contributed by atoms with E-state index in [1.165, 1.54) is 19.3 Å². The number of hydrogen-bond donors (Lipinski definition) is 1. The van der Waals surface area contributed by atoms with E-state index < -0.39 is 0 Å². The molecule has 0 unspecified atom stereocenters. The van der Waals surface area contributed by atoms with E-state index in [1.807, 2.05) is 6.07 Å². The first-order valence-electron chi connectivity index (χ1n) is 5.68. The number of aryl methyl sites for hydroxylation is 1. The van der Waals surface area contributed by atoms with Gasteiger partial charge in [-0.15, -0.1) is 0 Å². The Kier molecular flexibility index (Phi) is 3.04. The molecule has 0 spiro atoms. The molecule has 1 aliphatic heterocycles. The van der Waals surface area contributed by atoms with Gasteiger partial charge in [0.05, 0.1) is 0 Å². The maximum atomic E-state index is 5.76. The Labute approximate surface area is 90.5 Å². The molecule has 0 saturated carbocycles. The Balaban J connectivity index is 2.22. The monoisotopic (exact) mass is 206 g/mol. The van der Waals surface area contributed by atoms with Crippen LogP contribution in [0.25, 0.3) is 0 Å². The fraction of sp³-hybridized carbons (Fsp3) is 0.636. The Bertz CT molecular complexity index is 331. The molecule has 0 atom stereocenters. The first-order chi connectivity index (χ1) is 7.29. The summed E-state index contributed by atoms with van der Waals surface area (Å²) in [5.41, 5.74) is 5.76. The van der Waals surface area contributed by atoms with Gasteiger partial charge in [0.15, 0.2) is 0 Å². The molecule has 2 N–H and O–H groups in total. The molecule has 0 aromatic carbocycles. The average Bonchev–Trinajstić information content (AvgIpc) is 2.29. The molecule has 1 aromatic heterocycles. The Morgan fingerprint density at radius 2 is 2.00 bits per heavy atom. The van der Waals surface area contributed by atoms with Crippen LogP contribution in [0.1, 0.15) is 32.0 Å². The van der Waals surface area contributed by atoms with Gasteiger partial charge in [-0.25, -0.2) is 9.97 Å². The Morgan fingerprint density at radius 3 is 2.67 bits per heavy atom. The van der Waals surface area contributed by atoms with Gasteiger partial charge in [-0.2, -0.15) is 0 Å². The van der Waals surface area contributed by atoms with Crippen molar-refractivity contribution in [3.63, 3.8) is 0 Å². The van der Waals surface area contributed by atoms with Gasteiger partial charge in [-0.3, -0.25) is 0 Å². The summed E-state index contributed by atoms with van der Waals surface area (Å²) < 4.78 is 0. The third-order valence-electron chi connectivity index (χ3n) is 2.78. The van der Waals surface area contributed by atoms with E-state index in [2.05, 4.69) is 21.8 Å². The number of hydrogen-bond acceptors (Lipinski definition) is 4. The SMILES string of the molecule is CCc1nc(N)cc(N2CCCCC2)n1. The molecule has 4 nitrogen and oxygen atoms in total. The summed E-state index contributed by atoms with van der Waals surface area (Å²) in [6.07, 6.45) is 4.68. The lowest BCUT2D eigenvalue weighted by Gasteiger charge is -2.27. The van der Waals surface area contributed by atoms with Gasteiger partial charge in [-0.1, -0.05) is 6.92 Å². The highest BCUT2D eigenvalue weighted by Gasteiger charge is 2.13. The minimum Gasteiger partial charge on any atom is -0.384 e. The maximum absolute atomic E-state index is 5.76. The van der Waals surface area contributed by atoms with Gasteiger partial charge >= 0.3 is 0 Å². The topological polar surface area (TPSA) is 55.0 Å². The number of rotatable bonds is 2. The van der Waals surface area contributed by atoms with Gasteiger partial charge in [0.1, 0.15) is 17.5 Å². The van der Waals surface area contributed by atoms with Crippen LogP contribution < -0.4 is 10.6 Å². The minimum atomic E-state index is 0.586. The van der Waals surface area contributed by atoms with Crippen LogP contribution in [0, 0.1) is 0 Å². The molecule has 0 amide bonds. The van der Waals surface area contributed by atoms with Crippen molar-refractivity contribution in [2.45, 2.75) is 32.6 Å². The zero-order chi connectivity index (χ0) is 10.7. The number of aromatic nitrogens is 2. The number of piperidine rings is 1. The van der Waals surface area contributed by atoms with Crippen molar-refractivity contribution in [3.05, 3.63) is 11.9 Å². The zero-order valence-corrected chi connectivity index (χ0v) is 9.24. The van der Waals surface area contributed by atoms with Crippen LogP contribution in [0.15, 0.2) is 6.07 Å². The first kappa shape index (κ1) is 10.2. The summed E-state index contributed by atoms with van der Waals surface area (Å²) in [6.45, 7) is 4.24. The second-order valence-electron chi connectivity index (χ2n) is 3.97. The van der Waals surface area contributed by atoms with Crippen LogP contribution in [0.5, 0.6) is 0 Å². The summed E-state index contributed by atoms with van der Waals surface area (Å²) >= 11 is 0. The fourth-order valence-electron chi connectivity index (χ4n) is 1.95. The summed E-state index contributed by atoms with van der Waals surface area (Å²) in [4.78, 5) is 11.0. The smallest absolute Gasteiger partial charge is 0.134 e. The van der Waals surface area contributed by atoms with Crippen molar-refractivity contribution in [2.24, 2.45) is 0 Å². The molecule has 0 aliphatic carbocycles. The van der Waals surface area contributed by atoms with E-state index in [0.717, 1.165) is 31.2 Å². The van der Waals surface area contributed by atoms with Crippen LogP contribution >= 0.6 is 0 Å².